The van der Waals surface area contributed by atoms with Crippen LogP contribution in [0.3, 0.4) is 0 Å². The van der Waals surface area contributed by atoms with Crippen molar-refractivity contribution in [3.05, 3.63) is 24.8 Å². The topological polar surface area (TPSA) is 72.2 Å². The van der Waals surface area contributed by atoms with Crippen molar-refractivity contribution >= 4 is 11.8 Å². The van der Waals surface area contributed by atoms with Gasteiger partial charge in [-0.05, 0) is 19.4 Å². The van der Waals surface area contributed by atoms with Gasteiger partial charge in [-0.3, -0.25) is 9.59 Å². The van der Waals surface area contributed by atoms with Crippen LogP contribution in [-0.2, 0) is 9.59 Å². The van der Waals surface area contributed by atoms with Crippen molar-refractivity contribution in [2.24, 2.45) is 5.73 Å². The van der Waals surface area contributed by atoms with Gasteiger partial charge in [-0.2, -0.15) is 0 Å². The minimum atomic E-state index is -0.481. The third kappa shape index (κ3) is 17.1. The van der Waals surface area contributed by atoms with E-state index < -0.39 is 5.91 Å². The Balaban J connectivity index is 0. The molecule has 0 spiro atoms. The van der Waals surface area contributed by atoms with Crippen LogP contribution in [0.4, 0.5) is 0 Å². The van der Waals surface area contributed by atoms with Crippen LogP contribution in [0.1, 0.15) is 39.5 Å². The highest BCUT2D eigenvalue weighted by atomic mass is 16.1. The van der Waals surface area contributed by atoms with E-state index >= 15 is 0 Å². The van der Waals surface area contributed by atoms with E-state index in [4.69, 9.17) is 0 Å². The number of hydrogen-bond acceptors (Lipinski definition) is 2. The summed E-state index contributed by atoms with van der Waals surface area (Å²) in [5, 5.41) is 2.80. The first-order chi connectivity index (χ1) is 7.95. The van der Waals surface area contributed by atoms with Gasteiger partial charge in [0.1, 0.15) is 0 Å². The average molecular weight is 240 g/mol. The van der Waals surface area contributed by atoms with E-state index in [1.807, 2.05) is 0 Å². The molecule has 2 amide bonds. The molecule has 0 aromatic heterocycles. The van der Waals surface area contributed by atoms with Crippen molar-refractivity contribution in [3.63, 3.8) is 0 Å². The Morgan fingerprint density at radius 1 is 1.29 bits per heavy atom. The Morgan fingerprint density at radius 3 is 2.18 bits per heavy atom. The Kier molecular flexibility index (Phi) is 13.1. The predicted molar refractivity (Wildman–Crippen MR) is 71.4 cm³/mol. The minimum Gasteiger partial charge on any atom is -0.366 e. The molecule has 4 nitrogen and oxygen atoms in total. The lowest BCUT2D eigenvalue weighted by molar-refractivity contribution is -0.117. The van der Waals surface area contributed by atoms with Gasteiger partial charge in [-0.25, -0.2) is 0 Å². The quantitative estimate of drug-likeness (QED) is 0.527. The monoisotopic (exact) mass is 240 g/mol. The molecule has 17 heavy (non-hydrogen) atoms. The average Bonchev–Trinajstić information content (AvgIpc) is 2.29. The molecular weight excluding hydrogens is 216 g/mol. The number of unbranched alkanes of at least 4 members (excludes halogenated alkanes) is 3. The van der Waals surface area contributed by atoms with E-state index in [1.165, 1.54) is 19.3 Å². The van der Waals surface area contributed by atoms with Gasteiger partial charge in [0.15, 0.2) is 0 Å². The van der Waals surface area contributed by atoms with Crippen LogP contribution < -0.4 is 11.1 Å². The van der Waals surface area contributed by atoms with Gasteiger partial charge in [0.2, 0.25) is 11.8 Å². The standard InChI is InChI=1S/C10H19NO.C3H5NO/c1-4-5-6-7-8-11-10(12)9(2)3;1-2-3(4)5/h2,4-8H2,1,3H3,(H,11,12);2H,1H2,(H2,4,5). The molecule has 0 aliphatic carbocycles. The van der Waals surface area contributed by atoms with Crippen LogP contribution in [0.15, 0.2) is 24.8 Å². The maximum Gasteiger partial charge on any atom is 0.246 e. The molecule has 4 heteroatoms. The zero-order valence-electron chi connectivity index (χ0n) is 10.9. The largest absolute Gasteiger partial charge is 0.366 e. The number of hydrogen-bond donors (Lipinski definition) is 2. The maximum absolute atomic E-state index is 11.0. The molecule has 0 saturated carbocycles. The van der Waals surface area contributed by atoms with Crippen LogP contribution in [0.25, 0.3) is 0 Å². The number of carbonyl (C=O) groups excluding carboxylic acids is 2. The fourth-order valence-corrected chi connectivity index (χ4v) is 0.905. The Labute approximate surface area is 104 Å². The first-order valence-corrected chi connectivity index (χ1v) is 5.81. The summed E-state index contributed by atoms with van der Waals surface area (Å²) >= 11 is 0. The Bertz CT molecular complexity index is 260. The lowest BCUT2D eigenvalue weighted by atomic mass is 10.2. The van der Waals surface area contributed by atoms with Gasteiger partial charge in [-0.1, -0.05) is 39.3 Å². The van der Waals surface area contributed by atoms with E-state index in [-0.39, 0.29) is 5.91 Å². The summed E-state index contributed by atoms with van der Waals surface area (Å²) in [6.45, 7) is 11.3. The SMILES string of the molecule is C=C(C)C(=O)NCCCCCC.C=CC(N)=O. The number of rotatable bonds is 7. The molecule has 98 valence electrons. The van der Waals surface area contributed by atoms with Crippen molar-refractivity contribution in [1.29, 1.82) is 0 Å². The molecule has 0 bridgehead atoms. The highest BCUT2D eigenvalue weighted by Crippen LogP contribution is 1.97. The van der Waals surface area contributed by atoms with E-state index in [1.54, 1.807) is 6.92 Å². The second-order valence-corrected chi connectivity index (χ2v) is 3.70. The summed E-state index contributed by atoms with van der Waals surface area (Å²) in [7, 11) is 0. The molecule has 0 atom stereocenters. The number of nitrogens with one attached hydrogen (secondary N) is 1. The lowest BCUT2D eigenvalue weighted by Crippen LogP contribution is -2.24. The van der Waals surface area contributed by atoms with Crippen LogP contribution in [0, 0.1) is 0 Å². The number of primary amides is 1. The van der Waals surface area contributed by atoms with Gasteiger partial charge < -0.3 is 11.1 Å². The molecule has 0 unspecified atom stereocenters. The summed E-state index contributed by atoms with van der Waals surface area (Å²) in [5.74, 6) is -0.503. The van der Waals surface area contributed by atoms with Crippen molar-refractivity contribution < 1.29 is 9.59 Å². The van der Waals surface area contributed by atoms with Gasteiger partial charge in [0, 0.05) is 12.1 Å². The molecule has 0 heterocycles. The van der Waals surface area contributed by atoms with E-state index in [9.17, 15) is 9.59 Å². The maximum atomic E-state index is 11.0. The molecule has 0 saturated heterocycles. The lowest BCUT2D eigenvalue weighted by Gasteiger charge is -2.03. The van der Waals surface area contributed by atoms with E-state index in [0.717, 1.165) is 19.0 Å². The van der Waals surface area contributed by atoms with Crippen molar-refractivity contribution in [3.8, 4) is 0 Å². The van der Waals surface area contributed by atoms with Crippen LogP contribution in [0.5, 0.6) is 0 Å². The Morgan fingerprint density at radius 2 is 1.82 bits per heavy atom. The zero-order chi connectivity index (χ0) is 13.7. The molecule has 0 aromatic carbocycles. The molecule has 0 fully saturated rings. The number of nitrogens with two attached hydrogens (primary N) is 1. The van der Waals surface area contributed by atoms with Crippen molar-refractivity contribution in [1.82, 2.24) is 5.32 Å². The molecular formula is C13H24N2O2. The highest BCUT2D eigenvalue weighted by Gasteiger charge is 1.98. The predicted octanol–water partition coefficient (Wildman–Crippen LogP) is 1.92. The minimum absolute atomic E-state index is 0.0218. The van der Waals surface area contributed by atoms with E-state index in [2.05, 4.69) is 31.1 Å². The van der Waals surface area contributed by atoms with Crippen molar-refractivity contribution in [2.75, 3.05) is 6.54 Å². The fourth-order valence-electron chi connectivity index (χ4n) is 0.905. The third-order valence-corrected chi connectivity index (χ3v) is 1.90. The second-order valence-electron chi connectivity index (χ2n) is 3.70. The molecule has 0 radical (unpaired) electrons. The normalized spacial score (nSPS) is 8.59. The fraction of sp³-hybridized carbons (Fsp3) is 0.538. The molecule has 3 N–H and O–H groups in total. The second kappa shape index (κ2) is 12.5. The van der Waals surface area contributed by atoms with Gasteiger partial charge in [0.05, 0.1) is 0 Å². The van der Waals surface area contributed by atoms with Gasteiger partial charge >= 0.3 is 0 Å². The van der Waals surface area contributed by atoms with Crippen LogP contribution in [-0.4, -0.2) is 18.4 Å². The van der Waals surface area contributed by atoms with Crippen molar-refractivity contribution in [2.45, 2.75) is 39.5 Å². The summed E-state index contributed by atoms with van der Waals surface area (Å²) in [4.78, 5) is 20.4. The summed E-state index contributed by atoms with van der Waals surface area (Å²) in [6.07, 6.45) is 5.82. The van der Waals surface area contributed by atoms with E-state index in [0.29, 0.717) is 5.57 Å². The van der Waals surface area contributed by atoms with Gasteiger partial charge in [-0.15, -0.1) is 0 Å². The Hall–Kier alpha value is -1.58. The summed E-state index contributed by atoms with van der Waals surface area (Å²) in [6, 6.07) is 0. The number of amides is 2. The van der Waals surface area contributed by atoms with Gasteiger partial charge in [0.25, 0.3) is 0 Å². The highest BCUT2D eigenvalue weighted by molar-refractivity contribution is 5.91. The first kappa shape index (κ1) is 17.8. The smallest absolute Gasteiger partial charge is 0.246 e. The summed E-state index contributed by atoms with van der Waals surface area (Å²) in [5.41, 5.74) is 5.12. The van der Waals surface area contributed by atoms with Crippen LogP contribution >= 0.6 is 0 Å². The third-order valence-electron chi connectivity index (χ3n) is 1.90. The molecule has 0 aliphatic heterocycles. The molecule has 0 aromatic rings. The molecule has 0 aliphatic rings. The molecule has 0 rings (SSSR count). The number of carbonyl (C=O) groups is 2. The first-order valence-electron chi connectivity index (χ1n) is 5.81. The summed E-state index contributed by atoms with van der Waals surface area (Å²) < 4.78 is 0. The van der Waals surface area contributed by atoms with Crippen LogP contribution in [0.2, 0.25) is 0 Å². The zero-order valence-corrected chi connectivity index (χ0v) is 10.9.